The predicted octanol–water partition coefficient (Wildman–Crippen LogP) is 3.81. The number of hydrogen-bond acceptors (Lipinski definition) is 1. The van der Waals surface area contributed by atoms with Crippen LogP contribution < -0.4 is 0 Å². The molecule has 2 heteroatoms. The number of nitrogens with zero attached hydrogens (tertiary/aromatic N) is 1. The van der Waals surface area contributed by atoms with Crippen LogP contribution in [0.2, 0.25) is 0 Å². The van der Waals surface area contributed by atoms with E-state index >= 15 is 0 Å². The minimum Gasteiger partial charge on any atom is -0.357 e. The molecule has 3 fully saturated rings. The summed E-state index contributed by atoms with van der Waals surface area (Å²) in [5, 5.41) is 8.56. The van der Waals surface area contributed by atoms with Crippen LogP contribution in [0, 0.1) is 17.2 Å². The summed E-state index contributed by atoms with van der Waals surface area (Å²) in [6.45, 7) is 1.18. The largest absolute Gasteiger partial charge is 0.357 e. The van der Waals surface area contributed by atoms with Crippen LogP contribution in [-0.4, -0.2) is 23.3 Å². The first-order valence-electron chi connectivity index (χ1n) is 7.71. The molecule has 96 valence electrons. The van der Waals surface area contributed by atoms with Gasteiger partial charge in [-0.25, -0.2) is 0 Å². The van der Waals surface area contributed by atoms with Crippen LogP contribution >= 0.6 is 0 Å². The summed E-state index contributed by atoms with van der Waals surface area (Å²) < 4.78 is 0. The molecule has 3 aliphatic rings. The standard InChI is InChI=1S/C15H26N2/c16-15(13-6-2-1-3-7-13)17-11-5-9-12-8-4-10-14(12)17/h12-14,16H,1-11H2. The lowest BCUT2D eigenvalue weighted by Crippen LogP contribution is -2.48. The highest BCUT2D eigenvalue weighted by Gasteiger charge is 2.37. The van der Waals surface area contributed by atoms with E-state index in [-0.39, 0.29) is 0 Å². The van der Waals surface area contributed by atoms with Crippen LogP contribution in [0.25, 0.3) is 0 Å². The number of nitrogens with one attached hydrogen (secondary N) is 1. The molecule has 0 aromatic carbocycles. The maximum absolute atomic E-state index is 8.56. The van der Waals surface area contributed by atoms with Crippen LogP contribution in [0.3, 0.4) is 0 Å². The molecule has 2 saturated carbocycles. The normalized spacial score (nSPS) is 34.7. The average molecular weight is 234 g/mol. The van der Waals surface area contributed by atoms with Gasteiger partial charge in [0.1, 0.15) is 0 Å². The van der Waals surface area contributed by atoms with Crippen LogP contribution in [-0.2, 0) is 0 Å². The molecule has 0 aromatic heterocycles. The second kappa shape index (κ2) is 4.99. The predicted molar refractivity (Wildman–Crippen MR) is 71.4 cm³/mol. The molecule has 1 saturated heterocycles. The van der Waals surface area contributed by atoms with Crippen molar-refractivity contribution in [1.29, 1.82) is 5.41 Å². The first-order valence-corrected chi connectivity index (χ1v) is 7.71. The zero-order chi connectivity index (χ0) is 11.7. The van der Waals surface area contributed by atoms with Gasteiger partial charge in [-0.05, 0) is 44.4 Å². The highest BCUT2D eigenvalue weighted by atomic mass is 15.2. The van der Waals surface area contributed by atoms with E-state index in [9.17, 15) is 0 Å². The molecule has 0 amide bonds. The first kappa shape index (κ1) is 11.6. The number of rotatable bonds is 1. The maximum atomic E-state index is 8.56. The van der Waals surface area contributed by atoms with E-state index in [0.29, 0.717) is 5.92 Å². The monoisotopic (exact) mass is 234 g/mol. The lowest BCUT2D eigenvalue weighted by molar-refractivity contribution is 0.178. The second-order valence-corrected chi connectivity index (χ2v) is 6.31. The third kappa shape index (κ3) is 2.23. The van der Waals surface area contributed by atoms with E-state index in [1.165, 1.54) is 70.8 Å². The van der Waals surface area contributed by atoms with Gasteiger partial charge >= 0.3 is 0 Å². The summed E-state index contributed by atoms with van der Waals surface area (Å²) in [7, 11) is 0. The topological polar surface area (TPSA) is 27.1 Å². The highest BCUT2D eigenvalue weighted by molar-refractivity contribution is 5.82. The molecule has 0 spiro atoms. The van der Waals surface area contributed by atoms with Gasteiger partial charge < -0.3 is 4.90 Å². The van der Waals surface area contributed by atoms with Gasteiger partial charge in [0.25, 0.3) is 0 Å². The van der Waals surface area contributed by atoms with Crippen LogP contribution in [0.4, 0.5) is 0 Å². The van der Waals surface area contributed by atoms with Gasteiger partial charge in [-0.3, -0.25) is 5.41 Å². The number of hydrogen-bond donors (Lipinski definition) is 1. The van der Waals surface area contributed by atoms with Crippen molar-refractivity contribution in [2.45, 2.75) is 70.3 Å². The molecule has 3 rings (SSSR count). The Labute approximate surface area is 105 Å². The van der Waals surface area contributed by atoms with E-state index < -0.39 is 0 Å². The van der Waals surface area contributed by atoms with Crippen molar-refractivity contribution in [3.63, 3.8) is 0 Å². The second-order valence-electron chi connectivity index (χ2n) is 6.31. The van der Waals surface area contributed by atoms with E-state index in [0.717, 1.165) is 17.8 Å². The number of likely N-dealkylation sites (tertiary alicyclic amines) is 1. The van der Waals surface area contributed by atoms with Crippen molar-refractivity contribution in [2.24, 2.45) is 11.8 Å². The summed E-state index contributed by atoms with van der Waals surface area (Å²) in [6.07, 6.45) is 13.6. The van der Waals surface area contributed by atoms with Crippen LogP contribution in [0.1, 0.15) is 64.2 Å². The molecule has 0 radical (unpaired) electrons. The Bertz CT molecular complexity index is 281. The summed E-state index contributed by atoms with van der Waals surface area (Å²) in [4.78, 5) is 2.51. The Morgan fingerprint density at radius 3 is 2.41 bits per heavy atom. The molecular weight excluding hydrogens is 208 g/mol. The van der Waals surface area contributed by atoms with Gasteiger partial charge in [-0.2, -0.15) is 0 Å². The zero-order valence-electron chi connectivity index (χ0n) is 11.0. The van der Waals surface area contributed by atoms with Gasteiger partial charge in [-0.15, -0.1) is 0 Å². The lowest BCUT2D eigenvalue weighted by atomic mass is 9.85. The molecule has 2 nitrogen and oxygen atoms in total. The van der Waals surface area contributed by atoms with Gasteiger partial charge in [0.2, 0.25) is 0 Å². The lowest BCUT2D eigenvalue weighted by Gasteiger charge is -2.42. The quantitative estimate of drug-likeness (QED) is 0.542. The number of piperidine rings is 1. The Kier molecular flexibility index (Phi) is 3.39. The van der Waals surface area contributed by atoms with Crippen molar-refractivity contribution in [3.05, 3.63) is 0 Å². The summed E-state index contributed by atoms with van der Waals surface area (Å²) in [6, 6.07) is 0.748. The molecule has 2 unspecified atom stereocenters. The fraction of sp³-hybridized carbons (Fsp3) is 0.933. The minimum atomic E-state index is 0.600. The molecule has 2 aliphatic carbocycles. The van der Waals surface area contributed by atoms with E-state index in [2.05, 4.69) is 4.90 Å². The van der Waals surface area contributed by atoms with Crippen molar-refractivity contribution in [3.8, 4) is 0 Å². The molecule has 1 heterocycles. The molecule has 17 heavy (non-hydrogen) atoms. The van der Waals surface area contributed by atoms with Gasteiger partial charge in [0.15, 0.2) is 0 Å². The Morgan fingerprint density at radius 1 is 0.824 bits per heavy atom. The third-order valence-corrected chi connectivity index (χ3v) is 5.29. The van der Waals surface area contributed by atoms with E-state index in [1.807, 2.05) is 0 Å². The maximum Gasteiger partial charge on any atom is 0.0992 e. The Morgan fingerprint density at radius 2 is 1.59 bits per heavy atom. The average Bonchev–Trinajstić information content (AvgIpc) is 2.87. The van der Waals surface area contributed by atoms with Crippen molar-refractivity contribution < 1.29 is 0 Å². The Hall–Kier alpha value is -0.530. The van der Waals surface area contributed by atoms with Crippen LogP contribution in [0.15, 0.2) is 0 Å². The summed E-state index contributed by atoms with van der Waals surface area (Å²) in [5.74, 6) is 2.54. The minimum absolute atomic E-state index is 0.600. The number of amidine groups is 1. The first-order chi connectivity index (χ1) is 8.36. The fourth-order valence-corrected chi connectivity index (χ4v) is 4.36. The SMILES string of the molecule is N=C(C1CCCCC1)N1CCCC2CCCC21. The highest BCUT2D eigenvalue weighted by Crippen LogP contribution is 2.38. The molecule has 1 N–H and O–H groups in total. The molecule has 2 atom stereocenters. The number of fused-ring (bicyclic) bond motifs is 1. The molecule has 0 aromatic rings. The van der Waals surface area contributed by atoms with Crippen molar-refractivity contribution in [1.82, 2.24) is 4.90 Å². The van der Waals surface area contributed by atoms with Gasteiger partial charge in [0.05, 0.1) is 5.84 Å². The smallest absolute Gasteiger partial charge is 0.0992 e. The zero-order valence-corrected chi connectivity index (χ0v) is 11.0. The fourth-order valence-electron chi connectivity index (χ4n) is 4.36. The van der Waals surface area contributed by atoms with E-state index in [4.69, 9.17) is 5.41 Å². The molecule has 0 bridgehead atoms. The molecule has 1 aliphatic heterocycles. The summed E-state index contributed by atoms with van der Waals surface area (Å²) in [5.41, 5.74) is 0. The van der Waals surface area contributed by atoms with Crippen molar-refractivity contribution >= 4 is 5.84 Å². The van der Waals surface area contributed by atoms with Gasteiger partial charge in [0, 0.05) is 18.5 Å². The van der Waals surface area contributed by atoms with Gasteiger partial charge in [-0.1, -0.05) is 25.7 Å². The van der Waals surface area contributed by atoms with Crippen LogP contribution in [0.5, 0.6) is 0 Å². The third-order valence-electron chi connectivity index (χ3n) is 5.29. The Balaban J connectivity index is 1.67. The van der Waals surface area contributed by atoms with E-state index in [1.54, 1.807) is 0 Å². The molecular formula is C15H26N2. The summed E-state index contributed by atoms with van der Waals surface area (Å²) >= 11 is 0. The van der Waals surface area contributed by atoms with Crippen molar-refractivity contribution in [2.75, 3.05) is 6.54 Å².